The van der Waals surface area contributed by atoms with Crippen LogP contribution < -0.4 is 10.6 Å². The summed E-state index contributed by atoms with van der Waals surface area (Å²) < 4.78 is 1.79. The molecule has 1 aromatic carbocycles. The lowest BCUT2D eigenvalue weighted by molar-refractivity contribution is -0.119. The van der Waals surface area contributed by atoms with Gasteiger partial charge in [0.15, 0.2) is 0 Å². The minimum absolute atomic E-state index is 0.0662. The molecular weight excluding hydrogens is 288 g/mol. The molecule has 2 N–H and O–H groups in total. The summed E-state index contributed by atoms with van der Waals surface area (Å²) in [7, 11) is 1.90. The Bertz CT molecular complexity index is 707. The van der Waals surface area contributed by atoms with E-state index in [-0.39, 0.29) is 17.7 Å². The van der Waals surface area contributed by atoms with Gasteiger partial charge >= 0.3 is 0 Å². The van der Waals surface area contributed by atoms with Crippen LogP contribution in [0.3, 0.4) is 0 Å². The van der Waals surface area contributed by atoms with Gasteiger partial charge in [0.05, 0.1) is 12.1 Å². The second kappa shape index (κ2) is 6.54. The highest BCUT2D eigenvalue weighted by Crippen LogP contribution is 2.30. The first kappa shape index (κ1) is 15.7. The van der Waals surface area contributed by atoms with Crippen LogP contribution in [-0.4, -0.2) is 28.8 Å². The van der Waals surface area contributed by atoms with Crippen LogP contribution in [0.2, 0.25) is 0 Å². The maximum atomic E-state index is 12.8. The molecule has 1 fully saturated rings. The lowest BCUT2D eigenvalue weighted by Gasteiger charge is -2.19. The normalized spacial score (nSPS) is 20.7. The molecule has 0 aliphatic carbocycles. The van der Waals surface area contributed by atoms with Crippen molar-refractivity contribution in [3.05, 3.63) is 47.3 Å². The summed E-state index contributed by atoms with van der Waals surface area (Å²) in [6.45, 7) is 5.68. The van der Waals surface area contributed by atoms with E-state index in [9.17, 15) is 4.79 Å². The maximum absolute atomic E-state index is 12.8. The van der Waals surface area contributed by atoms with Gasteiger partial charge in [-0.3, -0.25) is 9.48 Å². The van der Waals surface area contributed by atoms with E-state index in [1.807, 2.05) is 38.5 Å². The molecule has 5 heteroatoms. The van der Waals surface area contributed by atoms with Crippen LogP contribution in [0, 0.1) is 12.8 Å². The van der Waals surface area contributed by atoms with E-state index in [0.29, 0.717) is 6.54 Å². The topological polar surface area (TPSA) is 59.0 Å². The molecule has 0 unspecified atom stereocenters. The van der Waals surface area contributed by atoms with Gasteiger partial charge in [0, 0.05) is 37.9 Å². The van der Waals surface area contributed by atoms with Crippen molar-refractivity contribution in [1.29, 1.82) is 0 Å². The number of anilines is 1. The monoisotopic (exact) mass is 312 g/mol. The smallest absolute Gasteiger partial charge is 0.229 e. The quantitative estimate of drug-likeness (QED) is 0.910. The van der Waals surface area contributed by atoms with Crippen LogP contribution in [0.5, 0.6) is 0 Å². The molecule has 1 saturated heterocycles. The second-order valence-corrected chi connectivity index (χ2v) is 6.27. The number of aryl methyl sites for hydroxylation is 3. The minimum atomic E-state index is -0.0662. The van der Waals surface area contributed by atoms with Gasteiger partial charge in [-0.25, -0.2) is 0 Å². The average molecular weight is 312 g/mol. The van der Waals surface area contributed by atoms with Crippen LogP contribution in [0.4, 0.5) is 5.69 Å². The summed E-state index contributed by atoms with van der Waals surface area (Å²) in [5.74, 6) is 0.203. The van der Waals surface area contributed by atoms with Crippen LogP contribution in [0.25, 0.3) is 0 Å². The highest BCUT2D eigenvalue weighted by Gasteiger charge is 2.35. The van der Waals surface area contributed by atoms with Crippen LogP contribution in [-0.2, 0) is 18.3 Å². The Balaban J connectivity index is 1.80. The largest absolute Gasteiger partial charge is 0.325 e. The van der Waals surface area contributed by atoms with Crippen molar-refractivity contribution in [3.8, 4) is 0 Å². The van der Waals surface area contributed by atoms with Crippen molar-refractivity contribution < 1.29 is 4.79 Å². The molecular formula is C18H24N4O. The molecule has 0 spiro atoms. The number of aromatic nitrogens is 2. The SMILES string of the molecule is CCc1cccc(C)c1NC(=O)[C@H]1CNC[C@@H]1c1cnn(C)c1. The number of nitrogens with one attached hydrogen (secondary N) is 2. The van der Waals surface area contributed by atoms with Gasteiger partial charge in [-0.2, -0.15) is 5.10 Å². The zero-order valence-corrected chi connectivity index (χ0v) is 14.0. The summed E-state index contributed by atoms with van der Waals surface area (Å²) in [5, 5.41) is 10.8. The first-order valence-corrected chi connectivity index (χ1v) is 8.18. The van der Waals surface area contributed by atoms with Crippen molar-refractivity contribution in [3.63, 3.8) is 0 Å². The van der Waals surface area contributed by atoms with Gasteiger partial charge < -0.3 is 10.6 Å². The number of carbonyl (C=O) groups is 1. The molecule has 2 aromatic rings. The third-order valence-corrected chi connectivity index (χ3v) is 4.69. The Morgan fingerprint density at radius 2 is 2.26 bits per heavy atom. The molecule has 1 aromatic heterocycles. The molecule has 2 atom stereocenters. The van der Waals surface area contributed by atoms with E-state index >= 15 is 0 Å². The summed E-state index contributed by atoms with van der Waals surface area (Å²) in [4.78, 5) is 12.8. The fraction of sp³-hybridized carbons (Fsp3) is 0.444. The van der Waals surface area contributed by atoms with Crippen LogP contribution in [0.15, 0.2) is 30.6 Å². The highest BCUT2D eigenvalue weighted by molar-refractivity contribution is 5.95. The standard InChI is InChI=1S/C18H24N4O/c1-4-13-7-5-6-12(2)17(13)21-18(23)16-10-19-9-15(16)14-8-20-22(3)11-14/h5-8,11,15-16,19H,4,9-10H2,1-3H3,(H,21,23)/t15-,16+/m1/s1. The molecule has 122 valence electrons. The van der Waals surface area contributed by atoms with Gasteiger partial charge in [0.1, 0.15) is 0 Å². The Labute approximate surface area is 137 Å². The number of hydrogen-bond donors (Lipinski definition) is 2. The molecule has 0 saturated carbocycles. The van der Waals surface area contributed by atoms with Crippen molar-refractivity contribution in [2.24, 2.45) is 13.0 Å². The molecule has 1 amide bonds. The van der Waals surface area contributed by atoms with E-state index in [4.69, 9.17) is 0 Å². The Morgan fingerprint density at radius 1 is 1.43 bits per heavy atom. The van der Waals surface area contributed by atoms with Crippen molar-refractivity contribution >= 4 is 11.6 Å². The van der Waals surface area contributed by atoms with Crippen molar-refractivity contribution in [2.75, 3.05) is 18.4 Å². The summed E-state index contributed by atoms with van der Waals surface area (Å²) in [6, 6.07) is 6.16. The molecule has 3 rings (SSSR count). The molecule has 1 aliphatic rings. The number of rotatable bonds is 4. The van der Waals surface area contributed by atoms with Gasteiger partial charge in [-0.15, -0.1) is 0 Å². The maximum Gasteiger partial charge on any atom is 0.229 e. The fourth-order valence-corrected chi connectivity index (χ4v) is 3.35. The molecule has 1 aliphatic heterocycles. The van der Waals surface area contributed by atoms with Gasteiger partial charge in [-0.1, -0.05) is 25.1 Å². The molecule has 0 bridgehead atoms. The number of carbonyl (C=O) groups excluding carboxylic acids is 1. The van der Waals surface area contributed by atoms with E-state index in [1.165, 1.54) is 5.56 Å². The third kappa shape index (κ3) is 3.15. The zero-order valence-electron chi connectivity index (χ0n) is 14.0. The average Bonchev–Trinajstić information content (AvgIpc) is 3.17. The van der Waals surface area contributed by atoms with Crippen molar-refractivity contribution in [1.82, 2.24) is 15.1 Å². The van der Waals surface area contributed by atoms with Crippen LogP contribution >= 0.6 is 0 Å². The van der Waals surface area contributed by atoms with E-state index in [2.05, 4.69) is 28.7 Å². The van der Waals surface area contributed by atoms with Crippen LogP contribution in [0.1, 0.15) is 29.5 Å². The first-order chi connectivity index (χ1) is 11.1. The highest BCUT2D eigenvalue weighted by atomic mass is 16.2. The first-order valence-electron chi connectivity index (χ1n) is 8.18. The Hall–Kier alpha value is -2.14. The van der Waals surface area contributed by atoms with Crippen molar-refractivity contribution in [2.45, 2.75) is 26.2 Å². The number of para-hydroxylation sites is 1. The number of amides is 1. The number of benzene rings is 1. The Morgan fingerprint density at radius 3 is 2.96 bits per heavy atom. The predicted octanol–water partition coefficient (Wildman–Crippen LogP) is 2.23. The molecule has 23 heavy (non-hydrogen) atoms. The lowest BCUT2D eigenvalue weighted by Crippen LogP contribution is -2.28. The zero-order chi connectivity index (χ0) is 16.4. The summed E-state index contributed by atoms with van der Waals surface area (Å²) in [5.41, 5.74) is 4.39. The molecule has 2 heterocycles. The molecule has 0 radical (unpaired) electrons. The van der Waals surface area contributed by atoms with E-state index in [1.54, 1.807) is 4.68 Å². The van der Waals surface area contributed by atoms with Gasteiger partial charge in [0.2, 0.25) is 5.91 Å². The Kier molecular flexibility index (Phi) is 4.48. The minimum Gasteiger partial charge on any atom is -0.325 e. The lowest BCUT2D eigenvalue weighted by atomic mass is 9.90. The predicted molar refractivity (Wildman–Crippen MR) is 91.5 cm³/mol. The summed E-state index contributed by atoms with van der Waals surface area (Å²) >= 11 is 0. The molecule has 5 nitrogen and oxygen atoms in total. The second-order valence-electron chi connectivity index (χ2n) is 6.27. The summed E-state index contributed by atoms with van der Waals surface area (Å²) in [6.07, 6.45) is 4.78. The van der Waals surface area contributed by atoms with E-state index in [0.717, 1.165) is 29.8 Å². The number of hydrogen-bond acceptors (Lipinski definition) is 3. The van der Waals surface area contributed by atoms with E-state index < -0.39 is 0 Å². The number of nitrogens with zero attached hydrogens (tertiary/aromatic N) is 2. The third-order valence-electron chi connectivity index (χ3n) is 4.69. The fourth-order valence-electron chi connectivity index (χ4n) is 3.35. The van der Waals surface area contributed by atoms with Gasteiger partial charge in [0.25, 0.3) is 0 Å². The van der Waals surface area contributed by atoms with Gasteiger partial charge in [-0.05, 0) is 30.0 Å².